The molecule has 2 aromatic carbocycles. The third-order valence-corrected chi connectivity index (χ3v) is 7.53. The minimum Gasteiger partial charge on any atom is -0.444 e. The number of hydrogen-bond donors (Lipinski definition) is 1. The quantitative estimate of drug-likeness (QED) is 0.425. The molecule has 2 fully saturated rings. The monoisotopic (exact) mass is 599 g/mol. The summed E-state index contributed by atoms with van der Waals surface area (Å²) in [6, 6.07) is 16.0. The maximum Gasteiger partial charge on any atom is 0.411 e. The maximum absolute atomic E-state index is 13.2. The lowest BCUT2D eigenvalue weighted by atomic mass is 10.1. The molecule has 0 unspecified atom stereocenters. The molecule has 2 atom stereocenters. The van der Waals surface area contributed by atoms with Crippen molar-refractivity contribution in [3.63, 3.8) is 0 Å². The number of thioether (sulfide) groups is 1. The molecule has 0 radical (unpaired) electrons. The van der Waals surface area contributed by atoms with Crippen LogP contribution in [0.25, 0.3) is 6.08 Å². The molecule has 0 aliphatic carbocycles. The van der Waals surface area contributed by atoms with Gasteiger partial charge in [0.2, 0.25) is 5.91 Å². The first-order valence-electron chi connectivity index (χ1n) is 12.4. The van der Waals surface area contributed by atoms with Gasteiger partial charge in [0.25, 0.3) is 11.1 Å². The van der Waals surface area contributed by atoms with Crippen LogP contribution in [-0.2, 0) is 14.3 Å². The first kappa shape index (κ1) is 27.9. The summed E-state index contributed by atoms with van der Waals surface area (Å²) in [6.07, 6.45) is 2.22. The minimum absolute atomic E-state index is 0.0352. The van der Waals surface area contributed by atoms with E-state index in [1.54, 1.807) is 26.8 Å². The van der Waals surface area contributed by atoms with Gasteiger partial charge in [0.15, 0.2) is 0 Å². The number of amides is 4. The normalized spacial score (nSPS) is 20.8. The highest BCUT2D eigenvalue weighted by Gasteiger charge is 2.43. The van der Waals surface area contributed by atoms with Crippen LogP contribution in [0.4, 0.5) is 9.59 Å². The predicted octanol–water partition coefficient (Wildman–Crippen LogP) is 5.74. The van der Waals surface area contributed by atoms with E-state index in [4.69, 9.17) is 4.74 Å². The van der Waals surface area contributed by atoms with E-state index >= 15 is 0 Å². The average molecular weight is 601 g/mol. The topological polar surface area (TPSA) is 96.0 Å². The summed E-state index contributed by atoms with van der Waals surface area (Å²) in [5, 5.41) is 2.43. The highest BCUT2D eigenvalue weighted by Crippen LogP contribution is 2.37. The van der Waals surface area contributed by atoms with Crippen molar-refractivity contribution in [3.05, 3.63) is 75.1 Å². The second-order valence-corrected chi connectivity index (χ2v) is 12.0. The maximum atomic E-state index is 13.2. The number of halogens is 1. The zero-order valence-corrected chi connectivity index (χ0v) is 23.9. The zero-order valence-electron chi connectivity index (χ0n) is 21.5. The largest absolute Gasteiger partial charge is 0.444 e. The van der Waals surface area contributed by atoms with Gasteiger partial charge >= 0.3 is 6.09 Å². The Kier molecular flexibility index (Phi) is 8.62. The number of likely N-dealkylation sites (tertiary alicyclic amines) is 1. The summed E-state index contributed by atoms with van der Waals surface area (Å²) >= 11 is 4.27. The Bertz CT molecular complexity index is 1260. The van der Waals surface area contributed by atoms with Crippen LogP contribution in [0.1, 0.15) is 50.8 Å². The molecule has 4 rings (SSSR count). The van der Waals surface area contributed by atoms with Crippen molar-refractivity contribution < 1.29 is 23.9 Å². The van der Waals surface area contributed by atoms with Crippen LogP contribution in [0, 0.1) is 0 Å². The Balaban J connectivity index is 1.40. The Morgan fingerprint density at radius 2 is 1.84 bits per heavy atom. The number of nitrogens with one attached hydrogen (secondary N) is 1. The third kappa shape index (κ3) is 6.66. The fraction of sp³-hybridized carbons (Fsp3) is 0.357. The van der Waals surface area contributed by atoms with Crippen molar-refractivity contribution in [2.45, 2.75) is 51.3 Å². The summed E-state index contributed by atoms with van der Waals surface area (Å²) in [4.78, 5) is 54.7. The van der Waals surface area contributed by atoms with Crippen LogP contribution >= 0.6 is 27.7 Å². The molecular weight excluding hydrogens is 570 g/mol. The number of rotatable bonds is 6. The zero-order chi connectivity index (χ0) is 27.4. The number of nitrogens with zero attached hydrogens (tertiary/aromatic N) is 2. The van der Waals surface area contributed by atoms with Gasteiger partial charge in [-0.15, -0.1) is 0 Å². The van der Waals surface area contributed by atoms with Crippen molar-refractivity contribution >= 4 is 56.9 Å². The molecule has 0 aromatic heterocycles. The summed E-state index contributed by atoms with van der Waals surface area (Å²) in [7, 11) is 0. The highest BCUT2D eigenvalue weighted by atomic mass is 79.9. The molecule has 4 amide bonds. The van der Waals surface area contributed by atoms with Gasteiger partial charge in [-0.05, 0) is 74.7 Å². The van der Waals surface area contributed by atoms with Gasteiger partial charge in [-0.3, -0.25) is 24.2 Å². The number of carbonyl (C=O) groups is 4. The van der Waals surface area contributed by atoms with Crippen molar-refractivity contribution in [1.29, 1.82) is 0 Å². The van der Waals surface area contributed by atoms with Crippen LogP contribution in [0.2, 0.25) is 0 Å². The standard InChI is InChI=1S/C28H30BrN3O5S/c1-28(2,3)37-26(35)32-21(19-9-5-4-6-10-19)12-13-22(32)24(33)30-14-15-31-25(34)23(38-27(31)36)17-18-8-7-11-20(29)16-18/h4-11,16-17,21-22H,12-15H2,1-3H3,(H,30,33)/b23-17+/t21-,22+/m1/s1. The Labute approximate surface area is 234 Å². The lowest BCUT2D eigenvalue weighted by molar-refractivity contribution is -0.127. The first-order chi connectivity index (χ1) is 18.0. The van der Waals surface area contributed by atoms with Crippen molar-refractivity contribution in [1.82, 2.24) is 15.1 Å². The van der Waals surface area contributed by atoms with E-state index in [0.29, 0.717) is 17.7 Å². The molecule has 0 bridgehead atoms. The second kappa shape index (κ2) is 11.7. The Hall–Kier alpha value is -3.11. The fourth-order valence-corrected chi connectivity index (χ4v) is 5.77. The van der Waals surface area contributed by atoms with Gasteiger partial charge < -0.3 is 10.1 Å². The van der Waals surface area contributed by atoms with Crippen LogP contribution in [0.15, 0.2) is 64.0 Å². The lowest BCUT2D eigenvalue weighted by Gasteiger charge is -2.32. The molecule has 2 saturated heterocycles. The second-order valence-electron chi connectivity index (χ2n) is 10.1. The van der Waals surface area contributed by atoms with E-state index < -0.39 is 23.6 Å². The molecule has 8 nitrogen and oxygen atoms in total. The number of hydrogen-bond acceptors (Lipinski definition) is 6. The first-order valence-corrected chi connectivity index (χ1v) is 14.0. The van der Waals surface area contributed by atoms with E-state index in [1.807, 2.05) is 54.6 Å². The van der Waals surface area contributed by atoms with E-state index in [1.165, 1.54) is 4.90 Å². The van der Waals surface area contributed by atoms with Crippen LogP contribution in [0.3, 0.4) is 0 Å². The summed E-state index contributed by atoms with van der Waals surface area (Å²) in [6.45, 7) is 5.47. The van der Waals surface area contributed by atoms with Crippen LogP contribution in [0.5, 0.6) is 0 Å². The molecule has 10 heteroatoms. The number of carbonyl (C=O) groups excluding carboxylic acids is 4. The molecule has 38 heavy (non-hydrogen) atoms. The lowest BCUT2D eigenvalue weighted by Crippen LogP contribution is -2.49. The summed E-state index contributed by atoms with van der Waals surface area (Å²) in [5.74, 6) is -0.736. The predicted molar refractivity (Wildman–Crippen MR) is 150 cm³/mol. The van der Waals surface area contributed by atoms with Gasteiger partial charge in [-0.25, -0.2) is 4.79 Å². The van der Waals surface area contributed by atoms with Gasteiger partial charge in [0.1, 0.15) is 11.6 Å². The summed E-state index contributed by atoms with van der Waals surface area (Å²) < 4.78 is 6.50. The molecule has 2 aliphatic heterocycles. The molecule has 0 spiro atoms. The van der Waals surface area contributed by atoms with Crippen LogP contribution in [-0.4, -0.2) is 57.7 Å². The molecular formula is C28H30BrN3O5S. The van der Waals surface area contributed by atoms with Crippen molar-refractivity contribution in [2.75, 3.05) is 13.1 Å². The molecule has 2 heterocycles. The van der Waals surface area contributed by atoms with Gasteiger partial charge in [0.05, 0.1) is 10.9 Å². The Morgan fingerprint density at radius 3 is 2.53 bits per heavy atom. The summed E-state index contributed by atoms with van der Waals surface area (Å²) in [5.41, 5.74) is 1.02. The number of benzene rings is 2. The van der Waals surface area contributed by atoms with Gasteiger partial charge in [0, 0.05) is 17.6 Å². The molecule has 2 aliphatic rings. The molecule has 0 saturated carbocycles. The van der Waals surface area contributed by atoms with Gasteiger partial charge in [-0.1, -0.05) is 58.4 Å². The highest BCUT2D eigenvalue weighted by molar-refractivity contribution is 9.10. The van der Waals surface area contributed by atoms with Gasteiger partial charge in [-0.2, -0.15) is 0 Å². The number of ether oxygens (including phenoxy) is 1. The van der Waals surface area contributed by atoms with Crippen LogP contribution < -0.4 is 5.32 Å². The molecule has 1 N–H and O–H groups in total. The van der Waals surface area contributed by atoms with E-state index in [9.17, 15) is 19.2 Å². The Morgan fingerprint density at radius 1 is 1.11 bits per heavy atom. The minimum atomic E-state index is -0.721. The smallest absolute Gasteiger partial charge is 0.411 e. The van der Waals surface area contributed by atoms with Crippen molar-refractivity contribution in [2.24, 2.45) is 0 Å². The van der Waals surface area contributed by atoms with E-state index in [0.717, 1.165) is 32.3 Å². The van der Waals surface area contributed by atoms with Crippen molar-refractivity contribution in [3.8, 4) is 0 Å². The third-order valence-electron chi connectivity index (χ3n) is 6.13. The molecule has 200 valence electrons. The SMILES string of the molecule is CC(C)(C)OC(=O)N1[C@@H](c2ccccc2)CC[C@H]1C(=O)NCCN1C(=O)S/C(=C/c2cccc(Br)c2)C1=O. The number of imide groups is 1. The average Bonchev–Trinajstić information content (AvgIpc) is 3.41. The van der Waals surface area contributed by atoms with E-state index in [2.05, 4.69) is 21.2 Å². The fourth-order valence-electron chi connectivity index (χ4n) is 4.49. The molecule has 2 aromatic rings. The van der Waals surface area contributed by atoms with E-state index in [-0.39, 0.29) is 30.3 Å².